The smallest absolute Gasteiger partial charge is 0.0597 e. The molecule has 4 heteroatoms. The number of hydrogen-bond acceptors (Lipinski definition) is 4. The predicted octanol–water partition coefficient (Wildman–Crippen LogP) is 7.63. The molecule has 0 saturated carbocycles. The van der Waals surface area contributed by atoms with Crippen LogP contribution < -0.4 is 16.0 Å². The Hall–Kier alpha value is -3.14. The van der Waals surface area contributed by atoms with E-state index in [2.05, 4.69) is 110 Å². The van der Waals surface area contributed by atoms with Gasteiger partial charge in [-0.05, 0) is 43.2 Å². The summed E-state index contributed by atoms with van der Waals surface area (Å²) in [7, 11) is 0. The molecule has 0 atom stereocenters. The second-order valence-electron chi connectivity index (χ2n) is 8.97. The van der Waals surface area contributed by atoms with Crippen LogP contribution in [0.3, 0.4) is 0 Å². The molecule has 3 rings (SSSR count). The molecular formula is C31H46N4. The van der Waals surface area contributed by atoms with Crippen LogP contribution in [0, 0.1) is 0 Å². The van der Waals surface area contributed by atoms with Gasteiger partial charge in [0.25, 0.3) is 0 Å². The van der Waals surface area contributed by atoms with Gasteiger partial charge in [0.05, 0.1) is 11.4 Å². The van der Waals surface area contributed by atoms with Gasteiger partial charge in [0.15, 0.2) is 0 Å². The second kappa shape index (κ2) is 16.5. The average molecular weight is 475 g/mol. The maximum atomic E-state index is 6.21. The minimum atomic E-state index is 0.771. The molecule has 35 heavy (non-hydrogen) atoms. The second-order valence-corrected chi connectivity index (χ2v) is 8.97. The van der Waals surface area contributed by atoms with E-state index in [-0.39, 0.29) is 0 Å². The van der Waals surface area contributed by atoms with E-state index in [4.69, 9.17) is 5.73 Å². The van der Waals surface area contributed by atoms with Gasteiger partial charge in [0.2, 0.25) is 0 Å². The van der Waals surface area contributed by atoms with Crippen LogP contribution in [-0.4, -0.2) is 31.1 Å². The monoisotopic (exact) mass is 474 g/mol. The van der Waals surface area contributed by atoms with Gasteiger partial charge < -0.3 is 20.9 Å². The summed E-state index contributed by atoms with van der Waals surface area (Å²) in [6, 6.07) is 16.7. The van der Waals surface area contributed by atoms with Gasteiger partial charge in [-0.15, -0.1) is 0 Å². The highest BCUT2D eigenvalue weighted by Gasteiger charge is 2.17. The Kier molecular flexibility index (Phi) is 13.2. The number of allylic oxidation sites excluding steroid dienone is 6. The maximum Gasteiger partial charge on any atom is 0.0597 e. The summed E-state index contributed by atoms with van der Waals surface area (Å²) in [4.78, 5) is 4.90. The van der Waals surface area contributed by atoms with Crippen molar-refractivity contribution in [2.45, 2.75) is 59.9 Å². The molecular weight excluding hydrogens is 428 g/mol. The number of anilines is 3. The van der Waals surface area contributed by atoms with Gasteiger partial charge in [-0.3, -0.25) is 0 Å². The van der Waals surface area contributed by atoms with Crippen molar-refractivity contribution in [3.05, 3.63) is 90.2 Å². The Morgan fingerprint density at radius 1 is 0.914 bits per heavy atom. The zero-order chi connectivity index (χ0) is 25.3. The number of nitrogens with two attached hydrogens (primary N) is 1. The third kappa shape index (κ3) is 10.3. The van der Waals surface area contributed by atoms with Crippen molar-refractivity contribution in [2.75, 3.05) is 42.1 Å². The van der Waals surface area contributed by atoms with Crippen molar-refractivity contribution in [2.24, 2.45) is 0 Å². The van der Waals surface area contributed by atoms with Crippen LogP contribution in [0.1, 0.15) is 58.9 Å². The number of nitrogens with one attached hydrogen (secondary N) is 1. The lowest BCUT2D eigenvalue weighted by Gasteiger charge is -2.38. The van der Waals surface area contributed by atoms with E-state index in [1.54, 1.807) is 0 Å². The molecule has 1 aliphatic heterocycles. The molecule has 0 aromatic heterocycles. The summed E-state index contributed by atoms with van der Waals surface area (Å²) < 4.78 is 0. The molecule has 190 valence electrons. The average Bonchev–Trinajstić information content (AvgIpc) is 2.89. The number of unbranched alkanes of at least 4 members (excludes halogenated alkanes) is 2. The van der Waals surface area contributed by atoms with Crippen LogP contribution in [-0.2, 0) is 6.54 Å². The fraction of sp³-hybridized carbons (Fsp3) is 0.419. The SMILES string of the molecule is CC/C=C/C=C\C=C(/C)N1CCN(c2ccc(N)c(NCc3ccccc3)c2)CC1.CCCCC. The molecule has 0 bridgehead atoms. The van der Waals surface area contributed by atoms with E-state index < -0.39 is 0 Å². The Balaban J connectivity index is 0.000000784. The van der Waals surface area contributed by atoms with Crippen LogP contribution >= 0.6 is 0 Å². The van der Waals surface area contributed by atoms with Crippen molar-refractivity contribution < 1.29 is 0 Å². The maximum absolute atomic E-state index is 6.21. The minimum absolute atomic E-state index is 0.771. The number of nitrogen functional groups attached to an aromatic ring is 1. The molecule has 4 nitrogen and oxygen atoms in total. The Bertz CT molecular complexity index is 920. The van der Waals surface area contributed by atoms with E-state index in [0.717, 1.165) is 50.5 Å². The molecule has 0 amide bonds. The Morgan fingerprint density at radius 2 is 1.63 bits per heavy atom. The van der Waals surface area contributed by atoms with Gasteiger partial charge in [-0.1, -0.05) is 94.7 Å². The van der Waals surface area contributed by atoms with Gasteiger partial charge in [-0.25, -0.2) is 0 Å². The topological polar surface area (TPSA) is 44.5 Å². The summed E-state index contributed by atoms with van der Waals surface area (Å²) in [6.07, 6.45) is 15.8. The largest absolute Gasteiger partial charge is 0.397 e. The lowest BCUT2D eigenvalue weighted by molar-refractivity contribution is 0.322. The number of rotatable bonds is 10. The van der Waals surface area contributed by atoms with Gasteiger partial charge in [0.1, 0.15) is 0 Å². The summed E-state index contributed by atoms with van der Waals surface area (Å²) >= 11 is 0. The third-order valence-electron chi connectivity index (χ3n) is 6.14. The molecule has 2 aromatic carbocycles. The highest BCUT2D eigenvalue weighted by molar-refractivity contribution is 5.72. The quantitative estimate of drug-likeness (QED) is 0.274. The van der Waals surface area contributed by atoms with Crippen molar-refractivity contribution in [1.29, 1.82) is 0 Å². The molecule has 1 fully saturated rings. The number of nitrogens with zero attached hydrogens (tertiary/aromatic N) is 2. The first-order valence-corrected chi connectivity index (χ1v) is 13.3. The van der Waals surface area contributed by atoms with E-state index in [0.29, 0.717) is 0 Å². The first-order valence-electron chi connectivity index (χ1n) is 13.3. The van der Waals surface area contributed by atoms with E-state index in [9.17, 15) is 0 Å². The standard InChI is InChI=1S/C26H34N4.C5H12/c1-3-4-5-6-8-11-22(2)29-16-18-30(19-17-29)24-14-15-25(27)26(20-24)28-21-23-12-9-7-10-13-23;1-3-5-4-2/h4-15,20,28H,3,16-19,21,27H2,1-2H3;3-5H2,1-2H3/b5-4+,8-6-,22-11+;. The van der Waals surface area contributed by atoms with Crippen molar-refractivity contribution in [1.82, 2.24) is 4.90 Å². The lowest BCUT2D eigenvalue weighted by atomic mass is 10.1. The minimum Gasteiger partial charge on any atom is -0.397 e. The molecule has 3 N–H and O–H groups in total. The molecule has 0 radical (unpaired) electrons. The van der Waals surface area contributed by atoms with Crippen LogP contribution in [0.4, 0.5) is 17.1 Å². The highest BCUT2D eigenvalue weighted by atomic mass is 15.3. The van der Waals surface area contributed by atoms with E-state index in [1.165, 1.54) is 36.2 Å². The van der Waals surface area contributed by atoms with Crippen molar-refractivity contribution >= 4 is 17.1 Å². The zero-order valence-electron chi connectivity index (χ0n) is 22.3. The lowest BCUT2D eigenvalue weighted by Crippen LogP contribution is -2.45. The Morgan fingerprint density at radius 3 is 2.26 bits per heavy atom. The van der Waals surface area contributed by atoms with Gasteiger partial charge >= 0.3 is 0 Å². The fourth-order valence-electron chi connectivity index (χ4n) is 3.94. The van der Waals surface area contributed by atoms with E-state index >= 15 is 0 Å². The molecule has 2 aromatic rings. The highest BCUT2D eigenvalue weighted by Crippen LogP contribution is 2.27. The molecule has 1 aliphatic rings. The molecule has 0 unspecified atom stereocenters. The zero-order valence-corrected chi connectivity index (χ0v) is 22.3. The molecule has 1 heterocycles. The van der Waals surface area contributed by atoms with Crippen molar-refractivity contribution in [3.8, 4) is 0 Å². The summed E-state index contributed by atoms with van der Waals surface area (Å²) in [5.74, 6) is 0. The molecule has 1 saturated heterocycles. The van der Waals surface area contributed by atoms with E-state index in [1.807, 2.05) is 12.1 Å². The summed E-state index contributed by atoms with van der Waals surface area (Å²) in [6.45, 7) is 13.6. The number of benzene rings is 2. The van der Waals surface area contributed by atoms with Crippen LogP contribution in [0.2, 0.25) is 0 Å². The first kappa shape index (κ1) is 28.1. The van der Waals surface area contributed by atoms with Gasteiger partial charge in [-0.2, -0.15) is 0 Å². The predicted molar refractivity (Wildman–Crippen MR) is 156 cm³/mol. The Labute approximate surface area is 214 Å². The molecule has 0 aliphatic carbocycles. The summed E-state index contributed by atoms with van der Waals surface area (Å²) in [5, 5.41) is 3.49. The third-order valence-corrected chi connectivity index (χ3v) is 6.14. The first-order chi connectivity index (χ1) is 17.1. The summed E-state index contributed by atoms with van der Waals surface area (Å²) in [5.41, 5.74) is 11.8. The molecule has 0 spiro atoms. The fourth-order valence-corrected chi connectivity index (χ4v) is 3.94. The van der Waals surface area contributed by atoms with Crippen LogP contribution in [0.5, 0.6) is 0 Å². The van der Waals surface area contributed by atoms with Crippen molar-refractivity contribution in [3.63, 3.8) is 0 Å². The normalized spacial score (nSPS) is 14.3. The number of piperazine rings is 1. The van der Waals surface area contributed by atoms with Gasteiger partial charge in [0, 0.05) is 44.1 Å². The van der Waals surface area contributed by atoms with Crippen LogP contribution in [0.25, 0.3) is 0 Å². The van der Waals surface area contributed by atoms with Crippen LogP contribution in [0.15, 0.2) is 84.6 Å². The number of hydrogen-bond donors (Lipinski definition) is 2.